The molecule has 4 rings (SSSR count). The molecule has 2 aliphatic rings. The maximum absolute atomic E-state index is 5.75. The third-order valence-corrected chi connectivity index (χ3v) is 6.76. The molecule has 1 saturated heterocycles. The number of hydrogen-bond acceptors (Lipinski definition) is 7. The van der Waals surface area contributed by atoms with Gasteiger partial charge in [0.2, 0.25) is 0 Å². The van der Waals surface area contributed by atoms with Gasteiger partial charge >= 0.3 is 0 Å². The topological polar surface area (TPSA) is 88.8 Å². The number of methoxy groups -OCH3 is 1. The fraction of sp³-hybridized carbons (Fsp3) is 0.667. The Balaban J connectivity index is 0.00000289. The molecule has 3 unspecified atom stereocenters. The minimum Gasteiger partial charge on any atom is -0.377 e. The van der Waals surface area contributed by atoms with E-state index < -0.39 is 0 Å². The number of hydrogen-bond donors (Lipinski definition) is 2. The van der Waals surface area contributed by atoms with Crippen molar-refractivity contribution in [1.82, 2.24) is 30.3 Å². The second-order valence-corrected chi connectivity index (χ2v) is 9.08. The van der Waals surface area contributed by atoms with Gasteiger partial charge in [-0.3, -0.25) is 9.89 Å². The summed E-state index contributed by atoms with van der Waals surface area (Å²) >= 11 is 1.81. The van der Waals surface area contributed by atoms with Crippen molar-refractivity contribution < 1.29 is 9.47 Å². The molecule has 0 saturated carbocycles. The Morgan fingerprint density at radius 3 is 3.03 bits per heavy atom. The van der Waals surface area contributed by atoms with Gasteiger partial charge in [-0.15, -0.1) is 35.3 Å². The number of halogens is 1. The van der Waals surface area contributed by atoms with Crippen LogP contribution in [0.2, 0.25) is 0 Å². The molecule has 0 radical (unpaired) electrons. The Bertz CT molecular complexity index is 860. The number of morpholine rings is 1. The number of aryl methyl sites for hydroxylation is 1. The minimum absolute atomic E-state index is 0. The van der Waals surface area contributed by atoms with E-state index >= 15 is 0 Å². The van der Waals surface area contributed by atoms with Gasteiger partial charge in [0.05, 0.1) is 25.3 Å². The molecule has 178 valence electrons. The van der Waals surface area contributed by atoms with Gasteiger partial charge in [0.1, 0.15) is 12.4 Å². The standard InChI is InChI=1S/C21H33N7O2S.HI/c1-15-12-27(8-9-30-15)17(18-5-4-10-31-18)11-23-21(22-2)24-16-6-7-20-25-19(14-29-3)26-28(20)13-16;/h4-5,10,15-17H,6-9,11-14H2,1-3H3,(H2,22,23,24);1H. The highest BCUT2D eigenvalue weighted by Gasteiger charge is 2.27. The SMILES string of the molecule is CN=C(NCC(c1cccs1)N1CCOC(C)C1)NC1CCc2nc(COC)nn2C1.I. The second kappa shape index (κ2) is 12.3. The summed E-state index contributed by atoms with van der Waals surface area (Å²) in [5, 5.41) is 13.9. The largest absolute Gasteiger partial charge is 0.377 e. The van der Waals surface area contributed by atoms with Crippen LogP contribution in [-0.4, -0.2) is 78.2 Å². The summed E-state index contributed by atoms with van der Waals surface area (Å²) in [6.07, 6.45) is 2.16. The summed E-state index contributed by atoms with van der Waals surface area (Å²) in [4.78, 5) is 12.9. The van der Waals surface area contributed by atoms with Crippen LogP contribution in [0.4, 0.5) is 0 Å². The van der Waals surface area contributed by atoms with E-state index in [0.717, 1.165) is 63.2 Å². The Morgan fingerprint density at radius 2 is 2.31 bits per heavy atom. The van der Waals surface area contributed by atoms with Crippen LogP contribution < -0.4 is 10.6 Å². The van der Waals surface area contributed by atoms with Gasteiger partial charge in [-0.25, -0.2) is 9.67 Å². The van der Waals surface area contributed by atoms with Gasteiger partial charge in [-0.2, -0.15) is 5.10 Å². The zero-order valence-electron chi connectivity index (χ0n) is 19.0. The Labute approximate surface area is 211 Å². The van der Waals surface area contributed by atoms with Crippen molar-refractivity contribution in [2.45, 2.75) is 51.1 Å². The van der Waals surface area contributed by atoms with E-state index in [-0.39, 0.29) is 36.1 Å². The van der Waals surface area contributed by atoms with Crippen molar-refractivity contribution >= 4 is 41.3 Å². The molecule has 9 nitrogen and oxygen atoms in total. The minimum atomic E-state index is 0. The van der Waals surface area contributed by atoms with E-state index in [0.29, 0.717) is 12.6 Å². The summed E-state index contributed by atoms with van der Waals surface area (Å²) in [6, 6.07) is 4.91. The molecule has 2 aliphatic heterocycles. The Morgan fingerprint density at radius 1 is 1.44 bits per heavy atom. The maximum atomic E-state index is 5.75. The summed E-state index contributed by atoms with van der Waals surface area (Å²) in [6.45, 7) is 6.84. The van der Waals surface area contributed by atoms with Crippen LogP contribution in [0.5, 0.6) is 0 Å². The van der Waals surface area contributed by atoms with Gasteiger partial charge in [0, 0.05) is 51.1 Å². The number of fused-ring (bicyclic) bond motifs is 1. The normalized spacial score (nSPS) is 22.7. The highest BCUT2D eigenvalue weighted by molar-refractivity contribution is 14.0. The highest BCUT2D eigenvalue weighted by Crippen LogP contribution is 2.26. The second-order valence-electron chi connectivity index (χ2n) is 8.10. The number of aromatic nitrogens is 3. The van der Waals surface area contributed by atoms with Gasteiger partial charge in [-0.1, -0.05) is 6.07 Å². The Hall–Kier alpha value is -1.28. The van der Waals surface area contributed by atoms with Crippen molar-refractivity contribution in [3.63, 3.8) is 0 Å². The van der Waals surface area contributed by atoms with Crippen LogP contribution >= 0.6 is 35.3 Å². The van der Waals surface area contributed by atoms with E-state index in [1.54, 1.807) is 7.11 Å². The van der Waals surface area contributed by atoms with E-state index in [1.807, 2.05) is 23.1 Å². The molecule has 0 bridgehead atoms. The Kier molecular flexibility index (Phi) is 9.71. The van der Waals surface area contributed by atoms with Crippen molar-refractivity contribution in [3.8, 4) is 0 Å². The first-order chi connectivity index (χ1) is 15.2. The molecule has 0 spiro atoms. The predicted molar refractivity (Wildman–Crippen MR) is 137 cm³/mol. The number of aliphatic imine (C=N–C) groups is 1. The van der Waals surface area contributed by atoms with Crippen molar-refractivity contribution in [1.29, 1.82) is 0 Å². The molecule has 1 fully saturated rings. The van der Waals surface area contributed by atoms with Crippen LogP contribution in [0, 0.1) is 0 Å². The fourth-order valence-electron chi connectivity index (χ4n) is 4.27. The molecule has 32 heavy (non-hydrogen) atoms. The van der Waals surface area contributed by atoms with Crippen LogP contribution in [0.25, 0.3) is 0 Å². The summed E-state index contributed by atoms with van der Waals surface area (Å²) < 4.78 is 12.9. The van der Waals surface area contributed by atoms with E-state index in [1.165, 1.54) is 4.88 Å². The smallest absolute Gasteiger partial charge is 0.191 e. The first kappa shape index (κ1) is 25.3. The summed E-state index contributed by atoms with van der Waals surface area (Å²) in [7, 11) is 3.49. The molecule has 4 heterocycles. The molecule has 0 aliphatic carbocycles. The van der Waals surface area contributed by atoms with Crippen LogP contribution in [-0.2, 0) is 29.0 Å². The van der Waals surface area contributed by atoms with Gasteiger partial charge in [-0.05, 0) is 24.8 Å². The van der Waals surface area contributed by atoms with E-state index in [9.17, 15) is 0 Å². The molecule has 11 heteroatoms. The lowest BCUT2D eigenvalue weighted by atomic mass is 10.1. The molecular weight excluding hydrogens is 541 g/mol. The molecule has 0 amide bonds. The van der Waals surface area contributed by atoms with Crippen LogP contribution in [0.15, 0.2) is 22.5 Å². The third-order valence-electron chi connectivity index (χ3n) is 5.79. The zero-order chi connectivity index (χ0) is 21.6. The van der Waals surface area contributed by atoms with Gasteiger partial charge < -0.3 is 20.1 Å². The van der Waals surface area contributed by atoms with Crippen molar-refractivity contribution in [3.05, 3.63) is 34.0 Å². The molecule has 0 aromatic carbocycles. The summed E-state index contributed by atoms with van der Waals surface area (Å²) in [5.74, 6) is 2.61. The average Bonchev–Trinajstić information content (AvgIpc) is 3.43. The quantitative estimate of drug-likeness (QED) is 0.297. The number of nitrogens with zero attached hydrogens (tertiary/aromatic N) is 5. The number of rotatable bonds is 7. The monoisotopic (exact) mass is 575 g/mol. The number of nitrogens with one attached hydrogen (secondary N) is 2. The number of ether oxygens (including phenoxy) is 2. The third kappa shape index (κ3) is 6.40. The van der Waals surface area contributed by atoms with Crippen LogP contribution in [0.3, 0.4) is 0 Å². The van der Waals surface area contributed by atoms with Crippen molar-refractivity contribution in [2.24, 2.45) is 4.99 Å². The number of thiophene rings is 1. The molecule has 2 N–H and O–H groups in total. The predicted octanol–water partition coefficient (Wildman–Crippen LogP) is 2.05. The van der Waals surface area contributed by atoms with E-state index in [4.69, 9.17) is 9.47 Å². The highest BCUT2D eigenvalue weighted by atomic mass is 127. The van der Waals surface area contributed by atoms with Gasteiger partial charge in [0.25, 0.3) is 0 Å². The molecule has 3 atom stereocenters. The van der Waals surface area contributed by atoms with E-state index in [2.05, 4.69) is 55.0 Å². The fourth-order valence-corrected chi connectivity index (χ4v) is 5.13. The van der Waals surface area contributed by atoms with Gasteiger partial charge in [0.15, 0.2) is 11.8 Å². The summed E-state index contributed by atoms with van der Waals surface area (Å²) in [5.41, 5.74) is 0. The first-order valence-electron chi connectivity index (χ1n) is 10.9. The lowest BCUT2D eigenvalue weighted by molar-refractivity contribution is -0.0334. The van der Waals surface area contributed by atoms with Crippen LogP contribution in [0.1, 0.15) is 35.9 Å². The zero-order valence-corrected chi connectivity index (χ0v) is 22.1. The average molecular weight is 576 g/mol. The lowest BCUT2D eigenvalue weighted by Gasteiger charge is -2.37. The van der Waals surface area contributed by atoms with Crippen molar-refractivity contribution in [2.75, 3.05) is 40.4 Å². The molecule has 2 aromatic rings. The lowest BCUT2D eigenvalue weighted by Crippen LogP contribution is -2.50. The number of guanidine groups is 1. The molecular formula is C21H34IN7O2S. The molecule has 2 aromatic heterocycles. The maximum Gasteiger partial charge on any atom is 0.191 e. The first-order valence-corrected chi connectivity index (χ1v) is 11.8.